The number of nitrogens with two attached hydrogens (primary N) is 4. The zero-order valence-electron chi connectivity index (χ0n) is 22.9. The van der Waals surface area contributed by atoms with Crippen molar-refractivity contribution in [2.45, 2.75) is 0 Å². The summed E-state index contributed by atoms with van der Waals surface area (Å²) in [6, 6.07) is 22.6. The SMILES string of the molecule is Nc1ccc2c3ccc(N)cc3n(C3=NC4=CC(F)=CC5=NC(n6c7cc(N)ccc7c7ccc(N)cc76)=NC(=N3)N45)c2c1. The van der Waals surface area contributed by atoms with Crippen molar-refractivity contribution in [1.29, 1.82) is 0 Å². The Morgan fingerprint density at radius 3 is 1.34 bits per heavy atom. The minimum atomic E-state index is -0.507. The Labute approximate surface area is 247 Å². The Morgan fingerprint density at radius 1 is 0.477 bits per heavy atom. The molecule has 12 heteroatoms. The number of hydrogen-bond donors (Lipinski definition) is 4. The first kappa shape index (κ1) is 24.2. The van der Waals surface area contributed by atoms with Crippen molar-refractivity contribution in [3.05, 3.63) is 96.6 Å². The number of guanidine groups is 1. The third-order valence-corrected chi connectivity index (χ3v) is 8.05. The van der Waals surface area contributed by atoms with Gasteiger partial charge >= 0.3 is 0 Å². The molecule has 0 bridgehead atoms. The van der Waals surface area contributed by atoms with Crippen molar-refractivity contribution in [1.82, 2.24) is 14.0 Å². The number of nitrogens with zero attached hydrogens (tertiary/aromatic N) is 7. The summed E-state index contributed by atoms with van der Waals surface area (Å²) < 4.78 is 18.9. The van der Waals surface area contributed by atoms with Crippen LogP contribution in [0.15, 0.2) is 117 Å². The van der Waals surface area contributed by atoms with E-state index in [1.54, 1.807) is 4.90 Å². The molecule has 212 valence electrons. The van der Waals surface area contributed by atoms with Crippen LogP contribution in [0.2, 0.25) is 0 Å². The number of allylic oxidation sites excluding steroid dienone is 2. The van der Waals surface area contributed by atoms with Crippen LogP contribution in [-0.2, 0) is 0 Å². The molecule has 6 aromatic rings. The first-order valence-corrected chi connectivity index (χ1v) is 13.8. The van der Waals surface area contributed by atoms with Gasteiger partial charge in [0.05, 0.1) is 22.1 Å². The molecule has 4 aromatic carbocycles. The number of fused-ring (bicyclic) bond motifs is 6. The monoisotopic (exact) mass is 579 g/mol. The fraction of sp³-hybridized carbons (Fsp3) is 0. The predicted molar refractivity (Wildman–Crippen MR) is 176 cm³/mol. The normalized spacial score (nSPS) is 16.1. The fourth-order valence-electron chi connectivity index (χ4n) is 6.20. The molecule has 44 heavy (non-hydrogen) atoms. The smallest absolute Gasteiger partial charge is 0.243 e. The lowest BCUT2D eigenvalue weighted by Gasteiger charge is -2.32. The van der Waals surface area contributed by atoms with Gasteiger partial charge in [-0.25, -0.2) is 9.29 Å². The second-order valence-electron chi connectivity index (χ2n) is 10.8. The van der Waals surface area contributed by atoms with Gasteiger partial charge in [0.2, 0.25) is 17.9 Å². The first-order chi connectivity index (χ1) is 21.3. The second-order valence-corrected chi connectivity index (χ2v) is 10.8. The molecular weight excluding hydrogens is 557 g/mol. The number of amidine groups is 1. The standard InChI is InChI=1S/C32H22FN11/c33-15-9-28-38-30(42-24-11-16(34)1-5-20(24)21-6-2-17(35)12-25(21)42)40-32-41-31(39-29(10-15)44(28)32)43-26-13-18(36)3-7-22(26)23-8-4-19(37)14-27(23)43/h1-14H,34-37H2. The Kier molecular flexibility index (Phi) is 4.58. The van der Waals surface area contributed by atoms with E-state index < -0.39 is 5.83 Å². The molecule has 9 rings (SSSR count). The Balaban J connectivity index is 1.33. The fourth-order valence-corrected chi connectivity index (χ4v) is 6.20. The molecule has 2 aromatic heterocycles. The van der Waals surface area contributed by atoms with Crippen molar-refractivity contribution in [3.8, 4) is 0 Å². The van der Waals surface area contributed by atoms with Gasteiger partial charge in [-0.1, -0.05) is 24.3 Å². The van der Waals surface area contributed by atoms with Gasteiger partial charge in [0.1, 0.15) is 17.5 Å². The van der Waals surface area contributed by atoms with Crippen LogP contribution in [0.25, 0.3) is 43.6 Å². The van der Waals surface area contributed by atoms with Crippen LogP contribution in [0.1, 0.15) is 0 Å². The average Bonchev–Trinajstić information content (AvgIpc) is 3.46. The van der Waals surface area contributed by atoms with E-state index in [1.807, 2.05) is 81.9 Å². The quantitative estimate of drug-likeness (QED) is 0.183. The highest BCUT2D eigenvalue weighted by Gasteiger charge is 2.34. The molecule has 0 radical (unpaired) electrons. The van der Waals surface area contributed by atoms with Crippen LogP contribution < -0.4 is 22.9 Å². The van der Waals surface area contributed by atoms with Crippen LogP contribution in [0.3, 0.4) is 0 Å². The Bertz CT molecular complexity index is 2260. The van der Waals surface area contributed by atoms with Gasteiger partial charge in [0.15, 0.2) is 0 Å². The number of nitrogen functional groups attached to an aromatic ring is 4. The number of aromatic nitrogens is 2. The summed E-state index contributed by atoms with van der Waals surface area (Å²) in [5.41, 5.74) is 30.3. The van der Waals surface area contributed by atoms with E-state index in [4.69, 9.17) is 42.9 Å². The molecule has 11 nitrogen and oxygen atoms in total. The summed E-state index contributed by atoms with van der Waals surface area (Å²) in [5, 5.41) is 3.77. The van der Waals surface area contributed by atoms with E-state index in [9.17, 15) is 0 Å². The van der Waals surface area contributed by atoms with Gasteiger partial charge in [0.25, 0.3) is 0 Å². The van der Waals surface area contributed by atoms with Gasteiger partial charge in [0, 0.05) is 56.4 Å². The lowest BCUT2D eigenvalue weighted by Crippen LogP contribution is -2.43. The summed E-state index contributed by atoms with van der Waals surface area (Å²) in [4.78, 5) is 21.0. The van der Waals surface area contributed by atoms with Gasteiger partial charge in [-0.2, -0.15) is 20.0 Å². The maximum absolute atomic E-state index is 15.2. The number of rotatable bonds is 0. The highest BCUT2D eigenvalue weighted by atomic mass is 19.1. The zero-order valence-corrected chi connectivity index (χ0v) is 22.9. The van der Waals surface area contributed by atoms with Gasteiger partial charge < -0.3 is 22.9 Å². The van der Waals surface area contributed by atoms with Crippen LogP contribution >= 0.6 is 0 Å². The zero-order chi connectivity index (χ0) is 29.9. The molecule has 0 spiro atoms. The van der Waals surface area contributed by atoms with Gasteiger partial charge in [-0.15, -0.1) is 0 Å². The number of hydrogen-bond acceptors (Lipinski definition) is 9. The minimum Gasteiger partial charge on any atom is -0.399 e. The Hall–Kier alpha value is -6.43. The van der Waals surface area contributed by atoms with Crippen molar-refractivity contribution in [3.63, 3.8) is 0 Å². The molecule has 3 aliphatic heterocycles. The van der Waals surface area contributed by atoms with E-state index in [0.717, 1.165) is 43.6 Å². The summed E-state index contributed by atoms with van der Waals surface area (Å²) in [6.45, 7) is 0. The van der Waals surface area contributed by atoms with Crippen molar-refractivity contribution >= 4 is 90.1 Å². The summed E-state index contributed by atoms with van der Waals surface area (Å²) in [6.07, 6.45) is 2.65. The molecule has 0 saturated heterocycles. The van der Waals surface area contributed by atoms with Crippen LogP contribution in [-0.4, -0.2) is 37.7 Å². The maximum Gasteiger partial charge on any atom is 0.243 e. The molecule has 0 unspecified atom stereocenters. The molecule has 3 aliphatic rings. The molecule has 0 aliphatic carbocycles. The molecule has 8 N–H and O–H groups in total. The lowest BCUT2D eigenvalue weighted by molar-refractivity contribution is 0.629. The first-order valence-electron chi connectivity index (χ1n) is 13.8. The largest absolute Gasteiger partial charge is 0.399 e. The van der Waals surface area contributed by atoms with E-state index >= 15 is 4.39 Å². The van der Waals surface area contributed by atoms with E-state index in [0.29, 0.717) is 22.7 Å². The third-order valence-electron chi connectivity index (χ3n) is 8.05. The third kappa shape index (κ3) is 3.30. The molecule has 0 amide bonds. The number of benzene rings is 4. The summed E-state index contributed by atoms with van der Waals surface area (Å²) in [7, 11) is 0. The van der Waals surface area contributed by atoms with E-state index in [-0.39, 0.29) is 29.5 Å². The average molecular weight is 580 g/mol. The van der Waals surface area contributed by atoms with Crippen molar-refractivity contribution in [2.24, 2.45) is 20.0 Å². The minimum absolute atomic E-state index is 0.260. The lowest BCUT2D eigenvalue weighted by atomic mass is 10.1. The highest BCUT2D eigenvalue weighted by molar-refractivity contribution is 6.25. The van der Waals surface area contributed by atoms with Crippen LogP contribution in [0.4, 0.5) is 27.1 Å². The molecular formula is C32H22FN11. The molecule has 0 fully saturated rings. The summed E-state index contributed by atoms with van der Waals surface area (Å²) >= 11 is 0. The van der Waals surface area contributed by atoms with E-state index in [1.165, 1.54) is 12.2 Å². The van der Waals surface area contributed by atoms with E-state index in [2.05, 4.69) is 0 Å². The second kappa shape index (κ2) is 8.32. The van der Waals surface area contributed by atoms with Crippen molar-refractivity contribution < 1.29 is 4.39 Å². The predicted octanol–water partition coefficient (Wildman–Crippen LogP) is 5.13. The number of anilines is 4. The summed E-state index contributed by atoms with van der Waals surface area (Å²) in [5.74, 6) is 0.861. The van der Waals surface area contributed by atoms with Gasteiger partial charge in [-0.05, 0) is 48.5 Å². The maximum atomic E-state index is 15.2. The molecule has 0 atom stereocenters. The Morgan fingerprint density at radius 2 is 0.886 bits per heavy atom. The number of halogens is 1. The molecule has 0 saturated carbocycles. The van der Waals surface area contributed by atoms with Crippen LogP contribution in [0, 0.1) is 0 Å². The number of aliphatic imine (C=N–C) groups is 4. The highest BCUT2D eigenvalue weighted by Crippen LogP contribution is 2.36. The van der Waals surface area contributed by atoms with Crippen LogP contribution in [0.5, 0.6) is 0 Å². The molecule has 5 heterocycles. The van der Waals surface area contributed by atoms with Crippen molar-refractivity contribution in [2.75, 3.05) is 22.9 Å². The van der Waals surface area contributed by atoms with Gasteiger partial charge in [-0.3, -0.25) is 9.13 Å². The topological polar surface area (TPSA) is 167 Å².